The van der Waals surface area contributed by atoms with E-state index >= 15 is 0 Å². The van der Waals surface area contributed by atoms with Gasteiger partial charge in [0.05, 0.1) is 28.7 Å². The maximum atomic E-state index is 13.6. The van der Waals surface area contributed by atoms with Crippen molar-refractivity contribution < 1.29 is 4.39 Å². The molecule has 4 aromatic heterocycles. The first kappa shape index (κ1) is 17.1. The van der Waals surface area contributed by atoms with Gasteiger partial charge in [0.2, 0.25) is 0 Å². The predicted octanol–water partition coefficient (Wildman–Crippen LogP) is 3.15. The number of fused-ring (bicyclic) bond motifs is 2. The molecule has 0 aliphatic carbocycles. The highest BCUT2D eigenvalue weighted by atomic mass is 19.1. The van der Waals surface area contributed by atoms with Gasteiger partial charge in [0.1, 0.15) is 23.4 Å². The highest BCUT2D eigenvalue weighted by molar-refractivity contribution is 5.82. The smallest absolute Gasteiger partial charge is 0.182 e. The van der Waals surface area contributed by atoms with Gasteiger partial charge in [-0.2, -0.15) is 0 Å². The maximum absolute atomic E-state index is 13.6. The molecule has 9 heteroatoms. The van der Waals surface area contributed by atoms with E-state index in [0.717, 1.165) is 11.2 Å². The van der Waals surface area contributed by atoms with Gasteiger partial charge in [-0.25, -0.2) is 29.3 Å². The van der Waals surface area contributed by atoms with Gasteiger partial charge in [-0.05, 0) is 24.3 Å². The summed E-state index contributed by atoms with van der Waals surface area (Å²) in [5, 5.41) is 3.29. The fourth-order valence-electron chi connectivity index (χ4n) is 3.14. The van der Waals surface area contributed by atoms with Gasteiger partial charge in [0.25, 0.3) is 0 Å². The topological polar surface area (TPSA) is 105 Å². The standard InChI is InChI=1S/C20H15FN8/c21-12-4-5-13-16(9-12)29-17(14-3-1-2-7-22-14)15(28-13)6-8-23-19-18-20(25-10-24-18)27-11-26-19/h1-5,7,9-11H,6,8H2,(H2,23,24,25,26,27). The Labute approximate surface area is 164 Å². The number of nitrogens with zero attached hydrogens (tertiary/aromatic N) is 6. The van der Waals surface area contributed by atoms with Crippen LogP contribution >= 0.6 is 0 Å². The molecule has 0 spiro atoms. The van der Waals surface area contributed by atoms with Crippen LogP contribution in [0.15, 0.2) is 55.2 Å². The van der Waals surface area contributed by atoms with Gasteiger partial charge in [-0.15, -0.1) is 0 Å². The Morgan fingerprint density at radius 1 is 0.966 bits per heavy atom. The second-order valence-corrected chi connectivity index (χ2v) is 6.37. The number of nitrogens with one attached hydrogen (secondary N) is 2. The normalized spacial score (nSPS) is 11.2. The number of H-pyrrole nitrogens is 1. The molecular formula is C20H15FN8. The van der Waals surface area contributed by atoms with Crippen LogP contribution < -0.4 is 5.32 Å². The number of anilines is 1. The van der Waals surface area contributed by atoms with Gasteiger partial charge in [-0.3, -0.25) is 4.98 Å². The van der Waals surface area contributed by atoms with Crippen molar-refractivity contribution in [3.05, 3.63) is 66.8 Å². The summed E-state index contributed by atoms with van der Waals surface area (Å²) in [7, 11) is 0. The van der Waals surface area contributed by atoms with Crippen molar-refractivity contribution in [1.82, 2.24) is 34.9 Å². The van der Waals surface area contributed by atoms with E-state index in [1.165, 1.54) is 18.5 Å². The second kappa shape index (κ2) is 7.19. The van der Waals surface area contributed by atoms with Crippen molar-refractivity contribution in [1.29, 1.82) is 0 Å². The zero-order valence-electron chi connectivity index (χ0n) is 15.2. The third kappa shape index (κ3) is 3.33. The Hall–Kier alpha value is -4.01. The quantitative estimate of drug-likeness (QED) is 0.478. The average molecular weight is 386 g/mol. The molecule has 0 unspecified atom stereocenters. The zero-order chi connectivity index (χ0) is 19.6. The summed E-state index contributed by atoms with van der Waals surface area (Å²) in [4.78, 5) is 29.3. The molecule has 0 saturated carbocycles. The summed E-state index contributed by atoms with van der Waals surface area (Å²) in [6.07, 6.45) is 5.32. The van der Waals surface area contributed by atoms with Gasteiger partial charge in [0, 0.05) is 25.2 Å². The number of rotatable bonds is 5. The van der Waals surface area contributed by atoms with Crippen LogP contribution in [0.3, 0.4) is 0 Å². The predicted molar refractivity (Wildman–Crippen MR) is 107 cm³/mol. The molecule has 142 valence electrons. The molecule has 5 aromatic rings. The largest absolute Gasteiger partial charge is 0.368 e. The maximum Gasteiger partial charge on any atom is 0.182 e. The number of aromatic nitrogens is 7. The minimum Gasteiger partial charge on any atom is -0.368 e. The highest BCUT2D eigenvalue weighted by Crippen LogP contribution is 2.23. The lowest BCUT2D eigenvalue weighted by Crippen LogP contribution is -2.10. The number of imidazole rings is 1. The molecule has 0 atom stereocenters. The fraction of sp³-hybridized carbons (Fsp3) is 0.100. The van der Waals surface area contributed by atoms with Gasteiger partial charge >= 0.3 is 0 Å². The third-order valence-corrected chi connectivity index (χ3v) is 4.48. The van der Waals surface area contributed by atoms with Crippen LogP contribution in [-0.4, -0.2) is 41.4 Å². The van der Waals surface area contributed by atoms with E-state index in [4.69, 9.17) is 4.98 Å². The van der Waals surface area contributed by atoms with Crippen molar-refractivity contribution in [2.45, 2.75) is 6.42 Å². The first-order valence-corrected chi connectivity index (χ1v) is 9.03. The van der Waals surface area contributed by atoms with Crippen molar-refractivity contribution >= 4 is 28.0 Å². The Balaban J connectivity index is 1.48. The van der Waals surface area contributed by atoms with Gasteiger partial charge in [-0.1, -0.05) is 6.07 Å². The van der Waals surface area contributed by atoms with E-state index in [-0.39, 0.29) is 5.82 Å². The van der Waals surface area contributed by atoms with E-state index < -0.39 is 0 Å². The second-order valence-electron chi connectivity index (χ2n) is 6.37. The van der Waals surface area contributed by atoms with E-state index in [0.29, 0.717) is 46.9 Å². The minimum atomic E-state index is -0.347. The van der Waals surface area contributed by atoms with Crippen LogP contribution in [0.5, 0.6) is 0 Å². The van der Waals surface area contributed by atoms with Crippen LogP contribution in [0.4, 0.5) is 10.2 Å². The molecule has 4 heterocycles. The lowest BCUT2D eigenvalue weighted by molar-refractivity contribution is 0.629. The van der Waals surface area contributed by atoms with Gasteiger partial charge < -0.3 is 10.3 Å². The van der Waals surface area contributed by atoms with Gasteiger partial charge in [0.15, 0.2) is 11.5 Å². The van der Waals surface area contributed by atoms with Crippen LogP contribution in [0.25, 0.3) is 33.6 Å². The van der Waals surface area contributed by atoms with Crippen LogP contribution in [0.2, 0.25) is 0 Å². The summed E-state index contributed by atoms with van der Waals surface area (Å²) < 4.78 is 13.6. The fourth-order valence-corrected chi connectivity index (χ4v) is 3.14. The molecule has 0 bridgehead atoms. The molecule has 0 aliphatic rings. The lowest BCUT2D eigenvalue weighted by atomic mass is 10.1. The molecule has 0 aliphatic heterocycles. The molecule has 29 heavy (non-hydrogen) atoms. The molecule has 0 fully saturated rings. The summed E-state index contributed by atoms with van der Waals surface area (Å²) in [5.41, 5.74) is 4.59. The summed E-state index contributed by atoms with van der Waals surface area (Å²) in [6.45, 7) is 0.562. The summed E-state index contributed by atoms with van der Waals surface area (Å²) >= 11 is 0. The Morgan fingerprint density at radius 3 is 2.83 bits per heavy atom. The molecule has 2 N–H and O–H groups in total. The van der Waals surface area contributed by atoms with E-state index in [1.54, 1.807) is 18.6 Å². The Bertz CT molecular complexity index is 1300. The molecule has 0 amide bonds. The Kier molecular flexibility index (Phi) is 4.24. The number of pyridine rings is 1. The minimum absolute atomic E-state index is 0.347. The number of hydrogen-bond donors (Lipinski definition) is 2. The number of aromatic amines is 1. The number of halogens is 1. The molecule has 5 rings (SSSR count). The highest BCUT2D eigenvalue weighted by Gasteiger charge is 2.13. The summed E-state index contributed by atoms with van der Waals surface area (Å²) in [5.74, 6) is 0.322. The van der Waals surface area contributed by atoms with Crippen LogP contribution in [0.1, 0.15) is 5.69 Å². The average Bonchev–Trinajstić information content (AvgIpc) is 3.24. The third-order valence-electron chi connectivity index (χ3n) is 4.48. The van der Waals surface area contributed by atoms with E-state index in [2.05, 4.69) is 35.2 Å². The van der Waals surface area contributed by atoms with Crippen molar-refractivity contribution in [2.24, 2.45) is 0 Å². The molecular weight excluding hydrogens is 371 g/mol. The molecule has 0 radical (unpaired) electrons. The van der Waals surface area contributed by atoms with Crippen molar-refractivity contribution in [2.75, 3.05) is 11.9 Å². The molecule has 8 nitrogen and oxygen atoms in total. The first-order chi connectivity index (χ1) is 14.3. The number of benzene rings is 1. The van der Waals surface area contributed by atoms with Crippen molar-refractivity contribution in [3.63, 3.8) is 0 Å². The zero-order valence-corrected chi connectivity index (χ0v) is 15.2. The molecule has 0 saturated heterocycles. The van der Waals surface area contributed by atoms with Crippen molar-refractivity contribution in [3.8, 4) is 11.4 Å². The number of hydrogen-bond acceptors (Lipinski definition) is 7. The Morgan fingerprint density at radius 2 is 1.93 bits per heavy atom. The van der Waals surface area contributed by atoms with E-state index in [9.17, 15) is 4.39 Å². The van der Waals surface area contributed by atoms with Crippen LogP contribution in [0, 0.1) is 5.82 Å². The van der Waals surface area contributed by atoms with E-state index in [1.807, 2.05) is 18.2 Å². The first-order valence-electron chi connectivity index (χ1n) is 9.03. The molecule has 1 aromatic carbocycles. The monoisotopic (exact) mass is 386 g/mol. The lowest BCUT2D eigenvalue weighted by Gasteiger charge is -2.11. The summed E-state index contributed by atoms with van der Waals surface area (Å²) in [6, 6.07) is 9.99. The van der Waals surface area contributed by atoms with Crippen LogP contribution in [-0.2, 0) is 6.42 Å². The SMILES string of the molecule is Fc1ccc2nc(CCNc3ncnc4nc[nH]c34)c(-c3ccccn3)nc2c1.